The van der Waals surface area contributed by atoms with Gasteiger partial charge in [0.05, 0.1) is 0 Å². The number of benzene rings is 1. The summed E-state index contributed by atoms with van der Waals surface area (Å²) in [6.45, 7) is 0. The van der Waals surface area contributed by atoms with E-state index in [1.807, 2.05) is 18.2 Å². The number of fused-ring (bicyclic) bond motifs is 1. The van der Waals surface area contributed by atoms with E-state index in [-0.39, 0.29) is 5.63 Å². The van der Waals surface area contributed by atoms with Gasteiger partial charge in [0, 0.05) is 23.6 Å². The van der Waals surface area contributed by atoms with Gasteiger partial charge in [-0.1, -0.05) is 18.2 Å². The monoisotopic (exact) mass is 262 g/mol. The molecule has 0 spiro atoms. The second-order valence-electron chi connectivity index (χ2n) is 3.30. The van der Waals surface area contributed by atoms with Crippen molar-refractivity contribution in [2.45, 2.75) is 0 Å². The van der Waals surface area contributed by atoms with Crippen molar-refractivity contribution in [1.82, 2.24) is 0 Å². The third kappa shape index (κ3) is 5.31. The Morgan fingerprint density at radius 3 is 2.11 bits per heavy atom. The van der Waals surface area contributed by atoms with E-state index in [4.69, 9.17) is 14.6 Å². The summed E-state index contributed by atoms with van der Waals surface area (Å²) >= 11 is 0. The third-order valence-corrected chi connectivity index (χ3v) is 1.90. The quantitative estimate of drug-likeness (QED) is 0.627. The van der Waals surface area contributed by atoms with Crippen molar-refractivity contribution in [1.29, 1.82) is 0 Å². The van der Waals surface area contributed by atoms with Crippen LogP contribution in [-0.4, -0.2) is 22.2 Å². The summed E-state index contributed by atoms with van der Waals surface area (Å²) in [4.78, 5) is 29.8. The van der Waals surface area contributed by atoms with Crippen LogP contribution in [-0.2, 0) is 9.59 Å². The molecule has 2 rings (SSSR count). The van der Waals surface area contributed by atoms with Crippen LogP contribution in [0.2, 0.25) is 0 Å². The summed E-state index contributed by atoms with van der Waals surface area (Å²) in [5, 5.41) is 16.6. The van der Waals surface area contributed by atoms with Gasteiger partial charge in [0.2, 0.25) is 0 Å². The van der Waals surface area contributed by atoms with Gasteiger partial charge in [-0.3, -0.25) is 0 Å². The van der Waals surface area contributed by atoms with Gasteiger partial charge in [-0.05, 0) is 12.1 Å². The summed E-state index contributed by atoms with van der Waals surface area (Å²) in [6.07, 6.45) is 1.12. The molecule has 1 aromatic heterocycles. The van der Waals surface area contributed by atoms with Crippen LogP contribution in [0, 0.1) is 0 Å². The van der Waals surface area contributed by atoms with Crippen LogP contribution in [0.25, 0.3) is 11.0 Å². The van der Waals surface area contributed by atoms with E-state index in [2.05, 4.69) is 0 Å². The Labute approximate surface area is 107 Å². The average Bonchev–Trinajstić information content (AvgIpc) is 2.37. The number of hydrogen-bond donors (Lipinski definition) is 2. The van der Waals surface area contributed by atoms with E-state index in [1.54, 1.807) is 12.1 Å². The number of aliphatic carboxylic acids is 2. The van der Waals surface area contributed by atoms with Crippen LogP contribution in [0.15, 0.2) is 57.8 Å². The molecule has 2 N–H and O–H groups in total. The maximum Gasteiger partial charge on any atom is 0.336 e. The maximum absolute atomic E-state index is 10.7. The molecule has 0 radical (unpaired) electrons. The normalized spacial score (nSPS) is 9.89. The second-order valence-corrected chi connectivity index (χ2v) is 3.30. The minimum atomic E-state index is -1.26. The number of carboxylic acid groups (broad SMARTS) is 2. The molecule has 0 fully saturated rings. The highest BCUT2D eigenvalue weighted by atomic mass is 16.4. The van der Waals surface area contributed by atoms with E-state index in [9.17, 15) is 14.4 Å². The Hall–Kier alpha value is -2.89. The fourth-order valence-electron chi connectivity index (χ4n) is 1.15. The number of carboxylic acids is 2. The Kier molecular flexibility index (Phi) is 5.04. The van der Waals surface area contributed by atoms with Crippen molar-refractivity contribution in [3.8, 4) is 0 Å². The van der Waals surface area contributed by atoms with Crippen LogP contribution in [0.3, 0.4) is 0 Å². The van der Waals surface area contributed by atoms with Crippen LogP contribution in [0.4, 0.5) is 0 Å². The van der Waals surface area contributed by atoms with E-state index >= 15 is 0 Å². The minimum Gasteiger partial charge on any atom is -0.478 e. The highest BCUT2D eigenvalue weighted by molar-refractivity contribution is 5.89. The highest BCUT2D eigenvalue weighted by Gasteiger charge is 1.92. The molecule has 19 heavy (non-hydrogen) atoms. The van der Waals surface area contributed by atoms with Crippen molar-refractivity contribution in [2.24, 2.45) is 0 Å². The van der Waals surface area contributed by atoms with Crippen LogP contribution < -0.4 is 5.63 Å². The van der Waals surface area contributed by atoms with Gasteiger partial charge in [0.25, 0.3) is 0 Å². The lowest BCUT2D eigenvalue weighted by atomic mass is 10.2. The average molecular weight is 262 g/mol. The van der Waals surface area contributed by atoms with Gasteiger partial charge in [-0.15, -0.1) is 0 Å². The molecule has 98 valence electrons. The van der Waals surface area contributed by atoms with Gasteiger partial charge in [0.15, 0.2) is 0 Å². The number of para-hydroxylation sites is 1. The molecule has 0 bridgehead atoms. The highest BCUT2D eigenvalue weighted by Crippen LogP contribution is 2.08. The number of hydrogen-bond acceptors (Lipinski definition) is 4. The van der Waals surface area contributed by atoms with Gasteiger partial charge >= 0.3 is 17.6 Å². The smallest absolute Gasteiger partial charge is 0.336 e. The van der Waals surface area contributed by atoms with Crippen molar-refractivity contribution in [3.05, 3.63) is 59.0 Å². The van der Waals surface area contributed by atoms with E-state index in [0.29, 0.717) is 17.7 Å². The van der Waals surface area contributed by atoms with Gasteiger partial charge in [0.1, 0.15) is 5.58 Å². The Morgan fingerprint density at radius 1 is 0.947 bits per heavy atom. The molecular weight excluding hydrogens is 252 g/mol. The van der Waals surface area contributed by atoms with Gasteiger partial charge < -0.3 is 14.6 Å². The minimum absolute atomic E-state index is 0.302. The van der Waals surface area contributed by atoms with Crippen LogP contribution in [0.5, 0.6) is 0 Å². The van der Waals surface area contributed by atoms with Crippen LogP contribution >= 0.6 is 0 Å². The Morgan fingerprint density at radius 2 is 1.53 bits per heavy atom. The fraction of sp³-hybridized carbons (Fsp3) is 0. The maximum atomic E-state index is 10.7. The zero-order valence-corrected chi connectivity index (χ0v) is 9.65. The molecule has 6 nitrogen and oxygen atoms in total. The molecular formula is C13H10O6. The predicted octanol–water partition coefficient (Wildman–Crippen LogP) is 1.50. The van der Waals surface area contributed by atoms with E-state index in [0.717, 1.165) is 5.39 Å². The molecule has 0 aliphatic rings. The molecule has 1 aromatic carbocycles. The summed E-state index contributed by atoms with van der Waals surface area (Å²) in [5.74, 6) is -2.51. The SMILES string of the molecule is O=C(O)/C=C\C(=O)O.O=c1ccc2ccccc2o1. The zero-order valence-electron chi connectivity index (χ0n) is 9.65. The molecule has 0 amide bonds. The second kappa shape index (κ2) is 6.75. The molecule has 0 aliphatic heterocycles. The molecule has 0 atom stereocenters. The standard InChI is InChI=1S/C9H6O2.C4H4O4/c10-9-6-5-7-3-1-2-4-8(7)11-9;5-3(6)1-2-4(7)8/h1-6H;1-2H,(H,5,6)(H,7,8)/b;2-1-. The number of rotatable bonds is 2. The van der Waals surface area contributed by atoms with Gasteiger partial charge in [-0.2, -0.15) is 0 Å². The Bertz CT molecular complexity index is 652. The van der Waals surface area contributed by atoms with Crippen molar-refractivity contribution < 1.29 is 24.2 Å². The first kappa shape index (κ1) is 14.2. The van der Waals surface area contributed by atoms with E-state index in [1.165, 1.54) is 6.07 Å². The molecule has 0 saturated carbocycles. The van der Waals surface area contributed by atoms with E-state index < -0.39 is 11.9 Å². The summed E-state index contributed by atoms with van der Waals surface area (Å²) in [6, 6.07) is 10.6. The van der Waals surface area contributed by atoms with Crippen molar-refractivity contribution in [3.63, 3.8) is 0 Å². The van der Waals surface area contributed by atoms with Crippen molar-refractivity contribution in [2.75, 3.05) is 0 Å². The zero-order chi connectivity index (χ0) is 14.3. The molecule has 6 heteroatoms. The first-order chi connectivity index (χ1) is 8.99. The van der Waals surface area contributed by atoms with Gasteiger partial charge in [-0.25, -0.2) is 14.4 Å². The lowest BCUT2D eigenvalue weighted by Crippen LogP contribution is -1.93. The lowest BCUT2D eigenvalue weighted by molar-refractivity contribution is -0.134. The Balaban J connectivity index is 0.000000203. The molecule has 0 unspecified atom stereocenters. The third-order valence-electron chi connectivity index (χ3n) is 1.90. The summed E-state index contributed by atoms with van der Waals surface area (Å²) in [7, 11) is 0. The summed E-state index contributed by atoms with van der Waals surface area (Å²) in [5.41, 5.74) is 0.337. The lowest BCUT2D eigenvalue weighted by Gasteiger charge is -1.91. The summed E-state index contributed by atoms with van der Waals surface area (Å²) < 4.78 is 4.91. The topological polar surface area (TPSA) is 105 Å². The fourth-order valence-corrected chi connectivity index (χ4v) is 1.15. The predicted molar refractivity (Wildman–Crippen MR) is 66.9 cm³/mol. The molecule has 2 aromatic rings. The first-order valence-corrected chi connectivity index (χ1v) is 5.12. The molecule has 0 aliphatic carbocycles. The first-order valence-electron chi connectivity index (χ1n) is 5.12. The largest absolute Gasteiger partial charge is 0.478 e. The van der Waals surface area contributed by atoms with Crippen molar-refractivity contribution >= 4 is 22.9 Å². The molecule has 0 saturated heterocycles. The van der Waals surface area contributed by atoms with Crippen LogP contribution in [0.1, 0.15) is 0 Å². The number of carbonyl (C=O) groups is 2. The molecule has 1 heterocycles.